The fraction of sp³-hybridized carbons (Fsp3) is 0.571. The van der Waals surface area contributed by atoms with E-state index in [1.165, 1.54) is 25.0 Å². The quantitative estimate of drug-likeness (QED) is 0.815. The van der Waals surface area contributed by atoms with E-state index in [1.54, 1.807) is 0 Å². The highest BCUT2D eigenvalue weighted by atomic mass is 19.1. The lowest BCUT2D eigenvalue weighted by atomic mass is 10.2. The molecule has 0 atom stereocenters. The van der Waals surface area contributed by atoms with E-state index in [9.17, 15) is 8.78 Å². The Labute approximate surface area is 107 Å². The minimum Gasteiger partial charge on any atom is -0.367 e. The molecule has 1 aliphatic rings. The summed E-state index contributed by atoms with van der Waals surface area (Å²) >= 11 is 0. The minimum atomic E-state index is -0.516. The number of nitrogens with zero attached hydrogens (tertiary/aromatic N) is 2. The molecule has 0 radical (unpaired) electrons. The van der Waals surface area contributed by atoms with Crippen molar-refractivity contribution in [2.45, 2.75) is 19.8 Å². The van der Waals surface area contributed by atoms with E-state index in [0.29, 0.717) is 5.69 Å². The molecule has 0 amide bonds. The highest BCUT2D eigenvalue weighted by Crippen LogP contribution is 2.21. The summed E-state index contributed by atoms with van der Waals surface area (Å²) in [6, 6.07) is 3.81. The van der Waals surface area contributed by atoms with Gasteiger partial charge >= 0.3 is 0 Å². The van der Waals surface area contributed by atoms with Gasteiger partial charge in [-0.15, -0.1) is 0 Å². The van der Waals surface area contributed by atoms with E-state index < -0.39 is 11.6 Å². The van der Waals surface area contributed by atoms with Crippen LogP contribution >= 0.6 is 0 Å². The van der Waals surface area contributed by atoms with Crippen LogP contribution in [0.3, 0.4) is 0 Å². The second-order valence-corrected chi connectivity index (χ2v) is 4.78. The van der Waals surface area contributed by atoms with Crippen LogP contribution in [0.15, 0.2) is 18.2 Å². The maximum absolute atomic E-state index is 13.6. The number of benzene rings is 1. The van der Waals surface area contributed by atoms with Gasteiger partial charge in [-0.1, -0.05) is 13.3 Å². The molecule has 0 aliphatic carbocycles. The number of piperazine rings is 1. The molecule has 0 saturated carbocycles. The molecule has 100 valence electrons. The number of halogens is 2. The fourth-order valence-electron chi connectivity index (χ4n) is 2.33. The lowest BCUT2D eigenvalue weighted by molar-refractivity contribution is 0.253. The smallest absolute Gasteiger partial charge is 0.149 e. The molecule has 0 unspecified atom stereocenters. The third-order valence-corrected chi connectivity index (χ3v) is 3.45. The Morgan fingerprint density at radius 3 is 2.44 bits per heavy atom. The van der Waals surface area contributed by atoms with Gasteiger partial charge in [0.15, 0.2) is 0 Å². The Balaban J connectivity index is 1.93. The van der Waals surface area contributed by atoms with Crippen LogP contribution < -0.4 is 4.90 Å². The number of rotatable bonds is 4. The van der Waals surface area contributed by atoms with Crippen molar-refractivity contribution in [1.29, 1.82) is 0 Å². The van der Waals surface area contributed by atoms with Crippen molar-refractivity contribution in [1.82, 2.24) is 4.90 Å². The van der Waals surface area contributed by atoms with Crippen LogP contribution in [0, 0.1) is 11.6 Å². The van der Waals surface area contributed by atoms with Crippen molar-refractivity contribution < 1.29 is 8.78 Å². The zero-order valence-electron chi connectivity index (χ0n) is 10.8. The minimum absolute atomic E-state index is 0.461. The highest BCUT2D eigenvalue weighted by molar-refractivity contribution is 5.48. The monoisotopic (exact) mass is 254 g/mol. The van der Waals surface area contributed by atoms with Gasteiger partial charge in [-0.05, 0) is 25.1 Å². The van der Waals surface area contributed by atoms with Crippen LogP contribution in [0.5, 0.6) is 0 Å². The second kappa shape index (κ2) is 6.14. The molecule has 0 N–H and O–H groups in total. The number of anilines is 1. The predicted octanol–water partition coefficient (Wildman–Crippen LogP) is 2.89. The van der Waals surface area contributed by atoms with E-state index in [2.05, 4.69) is 11.8 Å². The maximum Gasteiger partial charge on any atom is 0.149 e. The van der Waals surface area contributed by atoms with Gasteiger partial charge in [0, 0.05) is 32.2 Å². The molecule has 1 fully saturated rings. The van der Waals surface area contributed by atoms with E-state index in [1.807, 2.05) is 4.90 Å². The molecule has 1 aromatic rings. The Hall–Kier alpha value is -1.16. The van der Waals surface area contributed by atoms with E-state index >= 15 is 0 Å². The number of hydrogen-bond acceptors (Lipinski definition) is 2. The Morgan fingerprint density at radius 1 is 1.11 bits per heavy atom. The fourth-order valence-corrected chi connectivity index (χ4v) is 2.33. The van der Waals surface area contributed by atoms with Crippen LogP contribution in [-0.2, 0) is 0 Å². The first-order valence-corrected chi connectivity index (χ1v) is 6.63. The summed E-state index contributed by atoms with van der Waals surface area (Å²) < 4.78 is 26.5. The van der Waals surface area contributed by atoms with Gasteiger partial charge in [0.2, 0.25) is 0 Å². The predicted molar refractivity (Wildman–Crippen MR) is 69.9 cm³/mol. The van der Waals surface area contributed by atoms with Crippen LogP contribution in [0.25, 0.3) is 0 Å². The topological polar surface area (TPSA) is 6.48 Å². The lowest BCUT2D eigenvalue weighted by Gasteiger charge is -2.36. The molecule has 4 heteroatoms. The van der Waals surface area contributed by atoms with E-state index in [-0.39, 0.29) is 0 Å². The number of unbranched alkanes of at least 4 members (excludes halogenated alkanes) is 1. The van der Waals surface area contributed by atoms with Crippen molar-refractivity contribution in [3.8, 4) is 0 Å². The van der Waals surface area contributed by atoms with Crippen molar-refractivity contribution in [3.63, 3.8) is 0 Å². The summed E-state index contributed by atoms with van der Waals surface area (Å²) in [4.78, 5) is 4.40. The van der Waals surface area contributed by atoms with Gasteiger partial charge in [0.25, 0.3) is 0 Å². The van der Waals surface area contributed by atoms with Crippen LogP contribution in [-0.4, -0.2) is 37.6 Å². The summed E-state index contributed by atoms with van der Waals surface area (Å²) in [6.45, 7) is 6.84. The third kappa shape index (κ3) is 3.19. The van der Waals surface area contributed by atoms with Crippen molar-refractivity contribution in [2.24, 2.45) is 0 Å². The van der Waals surface area contributed by atoms with Crippen molar-refractivity contribution in [2.75, 3.05) is 37.6 Å². The van der Waals surface area contributed by atoms with E-state index in [4.69, 9.17) is 0 Å². The normalized spacial score (nSPS) is 17.2. The molecule has 0 spiro atoms. The van der Waals surface area contributed by atoms with Gasteiger partial charge in [-0.25, -0.2) is 8.78 Å². The van der Waals surface area contributed by atoms with Crippen LogP contribution in [0.4, 0.5) is 14.5 Å². The van der Waals surface area contributed by atoms with Crippen molar-refractivity contribution in [3.05, 3.63) is 29.8 Å². The molecule has 1 saturated heterocycles. The highest BCUT2D eigenvalue weighted by Gasteiger charge is 2.19. The average Bonchev–Trinajstić information content (AvgIpc) is 2.37. The molecular formula is C14H20F2N2. The molecule has 1 heterocycles. The Bertz CT molecular complexity index is 387. The number of hydrogen-bond donors (Lipinski definition) is 0. The first-order chi connectivity index (χ1) is 8.70. The van der Waals surface area contributed by atoms with Gasteiger partial charge in [-0.3, -0.25) is 4.90 Å². The van der Waals surface area contributed by atoms with Gasteiger partial charge in [0.1, 0.15) is 11.6 Å². The average molecular weight is 254 g/mol. The summed E-state index contributed by atoms with van der Waals surface area (Å²) in [5.41, 5.74) is 0.520. The molecule has 0 aromatic heterocycles. The van der Waals surface area contributed by atoms with Gasteiger partial charge in [0.05, 0.1) is 5.69 Å². The molecule has 2 nitrogen and oxygen atoms in total. The first kappa shape index (κ1) is 13.3. The summed E-state index contributed by atoms with van der Waals surface area (Å²) in [6.07, 6.45) is 2.41. The van der Waals surface area contributed by atoms with Crippen LogP contribution in [0.2, 0.25) is 0 Å². The SMILES string of the molecule is CCCCN1CCN(c2ccc(F)cc2F)CC1. The zero-order chi connectivity index (χ0) is 13.0. The maximum atomic E-state index is 13.6. The largest absolute Gasteiger partial charge is 0.367 e. The summed E-state index contributed by atoms with van der Waals surface area (Å²) in [5, 5.41) is 0. The van der Waals surface area contributed by atoms with Gasteiger partial charge in [-0.2, -0.15) is 0 Å². The molecule has 18 heavy (non-hydrogen) atoms. The molecular weight excluding hydrogens is 234 g/mol. The zero-order valence-corrected chi connectivity index (χ0v) is 10.8. The first-order valence-electron chi connectivity index (χ1n) is 6.63. The van der Waals surface area contributed by atoms with Crippen LogP contribution in [0.1, 0.15) is 19.8 Å². The summed E-state index contributed by atoms with van der Waals surface area (Å²) in [7, 11) is 0. The standard InChI is InChI=1S/C14H20F2N2/c1-2-3-6-17-7-9-18(10-8-17)14-5-4-12(15)11-13(14)16/h4-5,11H,2-3,6-10H2,1H3. The lowest BCUT2D eigenvalue weighted by Crippen LogP contribution is -2.46. The molecule has 0 bridgehead atoms. The van der Waals surface area contributed by atoms with E-state index in [0.717, 1.165) is 38.8 Å². The molecule has 1 aliphatic heterocycles. The third-order valence-electron chi connectivity index (χ3n) is 3.45. The Kier molecular flexibility index (Phi) is 4.53. The van der Waals surface area contributed by atoms with Crippen molar-refractivity contribution >= 4 is 5.69 Å². The van der Waals surface area contributed by atoms with Gasteiger partial charge < -0.3 is 4.90 Å². The summed E-state index contributed by atoms with van der Waals surface area (Å²) in [5.74, 6) is -0.977. The molecule has 2 rings (SSSR count). The molecule has 1 aromatic carbocycles. The Morgan fingerprint density at radius 2 is 1.83 bits per heavy atom. The second-order valence-electron chi connectivity index (χ2n) is 4.78.